The van der Waals surface area contributed by atoms with Gasteiger partial charge in [0.25, 0.3) is 0 Å². The molecule has 9 nitrogen and oxygen atoms in total. The minimum Gasteiger partial charge on any atom is -0.493 e. The second-order valence-electron chi connectivity index (χ2n) is 5.38. The maximum Gasteiger partial charge on any atom is 0.334 e. The number of carbonyl (C=O) groups is 4. The molecular weight excluding hydrogens is 344 g/mol. The van der Waals surface area contributed by atoms with Gasteiger partial charge in [0, 0.05) is 6.54 Å². The lowest BCUT2D eigenvalue weighted by Gasteiger charge is -2.15. The van der Waals surface area contributed by atoms with Crippen LogP contribution in [-0.4, -0.2) is 67.5 Å². The number of imide groups is 2. The van der Waals surface area contributed by atoms with Crippen LogP contribution in [0.25, 0.3) is 0 Å². The van der Waals surface area contributed by atoms with Gasteiger partial charge in [-0.1, -0.05) is 6.07 Å². The summed E-state index contributed by atoms with van der Waals surface area (Å²) in [5.74, 6) is -1.66. The second-order valence-corrected chi connectivity index (χ2v) is 5.38. The highest BCUT2D eigenvalue weighted by atomic mass is 16.5. The van der Waals surface area contributed by atoms with Crippen molar-refractivity contribution >= 4 is 23.8 Å². The van der Waals surface area contributed by atoms with Crippen molar-refractivity contribution in [1.82, 2.24) is 9.80 Å². The number of nitrogens with zero attached hydrogens (tertiary/aromatic N) is 2. The Morgan fingerprint density at radius 2 is 1.65 bits per heavy atom. The van der Waals surface area contributed by atoms with Crippen molar-refractivity contribution in [2.45, 2.75) is 13.3 Å². The van der Waals surface area contributed by atoms with Crippen LogP contribution in [0.15, 0.2) is 18.2 Å². The molecule has 0 atom stereocenters. The average molecular weight is 364 g/mol. The van der Waals surface area contributed by atoms with E-state index in [1.807, 2.05) is 0 Å². The molecule has 0 aliphatic carbocycles. The highest BCUT2D eigenvalue weighted by Crippen LogP contribution is 2.28. The first-order valence-corrected chi connectivity index (χ1v) is 7.96. The highest BCUT2D eigenvalue weighted by Gasteiger charge is 2.45. The number of benzene rings is 1. The number of rotatable bonds is 8. The van der Waals surface area contributed by atoms with Gasteiger partial charge in [-0.2, -0.15) is 0 Å². The Kier molecular flexibility index (Phi) is 6.16. The van der Waals surface area contributed by atoms with Crippen LogP contribution in [0.5, 0.6) is 11.5 Å². The average Bonchev–Trinajstić information content (AvgIpc) is 2.83. The van der Waals surface area contributed by atoms with E-state index in [0.717, 1.165) is 10.5 Å². The van der Waals surface area contributed by atoms with Gasteiger partial charge in [0.05, 0.1) is 20.8 Å². The minimum absolute atomic E-state index is 0.00177. The normalized spacial score (nSPS) is 14.0. The zero-order valence-electron chi connectivity index (χ0n) is 14.8. The molecule has 0 spiro atoms. The molecular formula is C17H20N2O7. The molecule has 1 heterocycles. The number of hydrogen-bond acceptors (Lipinski definition) is 7. The summed E-state index contributed by atoms with van der Waals surface area (Å²) in [5.41, 5.74) is 0.791. The number of ether oxygens (including phenoxy) is 3. The van der Waals surface area contributed by atoms with Crippen LogP contribution >= 0.6 is 0 Å². The van der Waals surface area contributed by atoms with E-state index < -0.39 is 30.4 Å². The van der Waals surface area contributed by atoms with Crippen LogP contribution in [0.2, 0.25) is 0 Å². The third-order valence-corrected chi connectivity index (χ3v) is 3.80. The quantitative estimate of drug-likeness (QED) is 0.378. The SMILES string of the molecule is CCOC(=O)CN1C(=O)C(=O)N(CCc2ccc(OC)c(OC)c2)C1=O. The summed E-state index contributed by atoms with van der Waals surface area (Å²) in [7, 11) is 3.02. The third kappa shape index (κ3) is 3.93. The van der Waals surface area contributed by atoms with Gasteiger partial charge in [-0.3, -0.25) is 19.3 Å². The van der Waals surface area contributed by atoms with Gasteiger partial charge in [-0.15, -0.1) is 0 Å². The summed E-state index contributed by atoms with van der Waals surface area (Å²) in [4.78, 5) is 49.1. The zero-order chi connectivity index (χ0) is 19.3. The van der Waals surface area contributed by atoms with Crippen molar-refractivity contribution in [3.63, 3.8) is 0 Å². The molecule has 26 heavy (non-hydrogen) atoms. The van der Waals surface area contributed by atoms with E-state index in [-0.39, 0.29) is 13.2 Å². The van der Waals surface area contributed by atoms with Crippen LogP contribution in [0.3, 0.4) is 0 Å². The van der Waals surface area contributed by atoms with E-state index in [9.17, 15) is 19.2 Å². The molecule has 0 N–H and O–H groups in total. The predicted molar refractivity (Wildman–Crippen MR) is 88.7 cm³/mol. The van der Waals surface area contributed by atoms with E-state index in [4.69, 9.17) is 14.2 Å². The van der Waals surface area contributed by atoms with E-state index >= 15 is 0 Å². The van der Waals surface area contributed by atoms with Crippen LogP contribution in [0, 0.1) is 0 Å². The minimum atomic E-state index is -1.03. The van der Waals surface area contributed by atoms with E-state index in [2.05, 4.69) is 0 Å². The highest BCUT2D eigenvalue weighted by molar-refractivity contribution is 6.45. The molecule has 140 valence electrons. The molecule has 0 bridgehead atoms. The van der Waals surface area contributed by atoms with Crippen molar-refractivity contribution in [3.05, 3.63) is 23.8 Å². The maximum absolute atomic E-state index is 12.3. The Hall–Kier alpha value is -3.10. The number of hydrogen-bond donors (Lipinski definition) is 0. The standard InChI is InChI=1S/C17H20N2O7/c1-4-26-14(20)10-19-16(22)15(21)18(17(19)23)8-7-11-5-6-12(24-2)13(9-11)25-3/h5-6,9H,4,7-8,10H2,1-3H3. The van der Waals surface area contributed by atoms with Gasteiger partial charge in [-0.05, 0) is 31.0 Å². The summed E-state index contributed by atoms with van der Waals surface area (Å²) in [5, 5.41) is 0. The van der Waals surface area contributed by atoms with Gasteiger partial charge in [0.1, 0.15) is 6.54 Å². The van der Waals surface area contributed by atoms with Crippen molar-refractivity contribution < 1.29 is 33.4 Å². The molecule has 0 radical (unpaired) electrons. The fraction of sp³-hybridized carbons (Fsp3) is 0.412. The number of methoxy groups -OCH3 is 2. The van der Waals surface area contributed by atoms with E-state index in [1.54, 1.807) is 25.1 Å². The molecule has 1 aromatic rings. The molecule has 0 aromatic heterocycles. The summed E-state index contributed by atoms with van der Waals surface area (Å²) in [6, 6.07) is 4.38. The Bertz CT molecular complexity index is 732. The number of amides is 4. The first-order valence-electron chi connectivity index (χ1n) is 7.96. The molecule has 1 fully saturated rings. The molecule has 1 saturated heterocycles. The molecule has 4 amide bonds. The Balaban J connectivity index is 2.05. The Morgan fingerprint density at radius 1 is 1.00 bits per heavy atom. The number of urea groups is 1. The lowest BCUT2D eigenvalue weighted by molar-refractivity contribution is -0.148. The lowest BCUT2D eigenvalue weighted by Crippen LogP contribution is -2.38. The Labute approximate surface area is 150 Å². The van der Waals surface area contributed by atoms with Crippen molar-refractivity contribution in [2.75, 3.05) is 33.9 Å². The van der Waals surface area contributed by atoms with E-state index in [1.165, 1.54) is 14.2 Å². The summed E-state index contributed by atoms with van der Waals surface area (Å²) >= 11 is 0. The summed E-state index contributed by atoms with van der Waals surface area (Å²) in [6.07, 6.45) is 0.318. The molecule has 1 aliphatic rings. The molecule has 0 saturated carbocycles. The van der Waals surface area contributed by atoms with Crippen molar-refractivity contribution in [1.29, 1.82) is 0 Å². The number of esters is 1. The monoisotopic (exact) mass is 364 g/mol. The largest absolute Gasteiger partial charge is 0.493 e. The van der Waals surface area contributed by atoms with Crippen molar-refractivity contribution in [3.8, 4) is 11.5 Å². The van der Waals surface area contributed by atoms with Crippen LogP contribution in [0.1, 0.15) is 12.5 Å². The van der Waals surface area contributed by atoms with Crippen LogP contribution in [-0.2, 0) is 25.5 Å². The van der Waals surface area contributed by atoms with Gasteiger partial charge in [0.15, 0.2) is 11.5 Å². The predicted octanol–water partition coefficient (Wildman–Crippen LogP) is 0.600. The van der Waals surface area contributed by atoms with Gasteiger partial charge < -0.3 is 14.2 Å². The fourth-order valence-corrected chi connectivity index (χ4v) is 2.50. The first kappa shape index (κ1) is 19.2. The number of carbonyl (C=O) groups excluding carboxylic acids is 4. The molecule has 1 aromatic carbocycles. The first-order chi connectivity index (χ1) is 12.4. The van der Waals surface area contributed by atoms with Crippen molar-refractivity contribution in [2.24, 2.45) is 0 Å². The fourth-order valence-electron chi connectivity index (χ4n) is 2.50. The van der Waals surface area contributed by atoms with Gasteiger partial charge in [-0.25, -0.2) is 9.69 Å². The maximum atomic E-state index is 12.3. The topological polar surface area (TPSA) is 102 Å². The zero-order valence-corrected chi connectivity index (χ0v) is 14.8. The molecule has 1 aliphatic heterocycles. The molecule has 9 heteroatoms. The second kappa shape index (κ2) is 8.32. The summed E-state index contributed by atoms with van der Waals surface area (Å²) in [6.45, 7) is 1.14. The lowest BCUT2D eigenvalue weighted by atomic mass is 10.1. The Morgan fingerprint density at radius 3 is 2.27 bits per heavy atom. The summed E-state index contributed by atoms with van der Waals surface area (Å²) < 4.78 is 15.1. The van der Waals surface area contributed by atoms with E-state index in [0.29, 0.717) is 22.8 Å². The van der Waals surface area contributed by atoms with Crippen LogP contribution in [0.4, 0.5) is 4.79 Å². The third-order valence-electron chi connectivity index (χ3n) is 3.80. The van der Waals surface area contributed by atoms with Crippen LogP contribution < -0.4 is 9.47 Å². The smallest absolute Gasteiger partial charge is 0.334 e. The van der Waals surface area contributed by atoms with Gasteiger partial charge >= 0.3 is 23.8 Å². The molecule has 0 unspecified atom stereocenters. The molecule has 2 rings (SSSR count). The van der Waals surface area contributed by atoms with Gasteiger partial charge in [0.2, 0.25) is 0 Å².